The number of carbonyl (C=O) groups is 6. The lowest BCUT2D eigenvalue weighted by atomic mass is 10.1. The molecule has 22 nitrogen and oxygen atoms in total. The van der Waals surface area contributed by atoms with Crippen LogP contribution < -0.4 is 0 Å². The average Bonchev–Trinajstić information content (AvgIpc) is 3.58. The minimum Gasteiger partial charge on any atom is -0.462 e. The van der Waals surface area contributed by atoms with Crippen LogP contribution >= 0.6 is 15.6 Å². The minimum atomic E-state index is -4.68. The Bertz CT molecular complexity index is 1440. The maximum absolute atomic E-state index is 14.2. The molecule has 1 rings (SSSR count). The van der Waals surface area contributed by atoms with Crippen LogP contribution in [0.5, 0.6) is 0 Å². The molecule has 1 heterocycles. The number of rotatable bonds is 32. The topological polar surface area (TPSA) is 266 Å². The Morgan fingerprint density at radius 3 is 1.40 bits per heavy atom. The molecule has 348 valence electrons. The molecule has 0 bridgehead atoms. The molecule has 0 aliphatic carbocycles. The van der Waals surface area contributed by atoms with Crippen LogP contribution in [0.4, 0.5) is 0 Å². The molecule has 0 saturated carbocycles. The van der Waals surface area contributed by atoms with Crippen LogP contribution in [0.3, 0.4) is 0 Å². The standard InChI is InChI=1S/C36H62O22P2/c1-10-12-35(41)48-19-34(56-36(42)13-11-2)23-52-60(44,50-21-32(54-29(8)40)17-46-27(6)38)58-25(4)15-14-24(3)57-59(43,51-22-33-18-47-30(9)55-33)49-20-31(53-28(7)39)16-45-26(5)37/h24-25,30-34H,10-23H2,1-9H3/t24?,25?,30?,31-,32-,33?,34?,59?,60?/m1/s1. The van der Waals surface area contributed by atoms with Crippen LogP contribution in [0.1, 0.15) is 101 Å². The van der Waals surface area contributed by atoms with E-state index in [0.717, 1.165) is 27.7 Å². The van der Waals surface area contributed by atoms with E-state index in [1.807, 2.05) is 0 Å². The Balaban J connectivity index is 3.20. The average molecular weight is 909 g/mol. The number of hydrogen-bond acceptors (Lipinski definition) is 22. The highest BCUT2D eigenvalue weighted by Crippen LogP contribution is 2.53. The van der Waals surface area contributed by atoms with Crippen LogP contribution in [-0.4, -0.2) is 132 Å². The highest BCUT2D eigenvalue weighted by Gasteiger charge is 2.37. The Labute approximate surface area is 350 Å². The van der Waals surface area contributed by atoms with Gasteiger partial charge in [0.25, 0.3) is 0 Å². The second-order valence-electron chi connectivity index (χ2n) is 13.5. The van der Waals surface area contributed by atoms with Crippen molar-refractivity contribution in [2.24, 2.45) is 0 Å². The van der Waals surface area contributed by atoms with Gasteiger partial charge < -0.3 is 37.9 Å². The molecular formula is C36H62O22P2. The summed E-state index contributed by atoms with van der Waals surface area (Å²) in [6, 6.07) is 0. The molecule has 0 radical (unpaired) electrons. The van der Waals surface area contributed by atoms with Crippen molar-refractivity contribution in [3.63, 3.8) is 0 Å². The van der Waals surface area contributed by atoms with Crippen molar-refractivity contribution in [1.29, 1.82) is 0 Å². The zero-order chi connectivity index (χ0) is 45.3. The number of ether oxygens (including phenoxy) is 8. The van der Waals surface area contributed by atoms with Crippen LogP contribution in [0.2, 0.25) is 0 Å². The molecule has 0 spiro atoms. The lowest BCUT2D eigenvalue weighted by molar-refractivity contribution is -0.161. The van der Waals surface area contributed by atoms with Gasteiger partial charge in [-0.25, -0.2) is 9.13 Å². The van der Waals surface area contributed by atoms with Crippen LogP contribution in [0.25, 0.3) is 0 Å². The molecule has 1 fully saturated rings. The zero-order valence-electron chi connectivity index (χ0n) is 35.8. The quantitative estimate of drug-likeness (QED) is 0.0504. The number of phosphoric acid groups is 2. The predicted molar refractivity (Wildman–Crippen MR) is 205 cm³/mol. The van der Waals surface area contributed by atoms with Gasteiger partial charge in [-0.1, -0.05) is 13.8 Å². The Hall–Kier alpha value is -3.04. The molecule has 0 N–H and O–H groups in total. The van der Waals surface area contributed by atoms with Crippen molar-refractivity contribution in [3.8, 4) is 0 Å². The number of phosphoric ester groups is 2. The lowest BCUT2D eigenvalue weighted by Gasteiger charge is -2.27. The van der Waals surface area contributed by atoms with E-state index in [1.165, 1.54) is 13.8 Å². The molecule has 7 unspecified atom stereocenters. The molecule has 0 aromatic carbocycles. The van der Waals surface area contributed by atoms with Crippen LogP contribution in [0.15, 0.2) is 0 Å². The third-order valence-electron chi connectivity index (χ3n) is 7.42. The summed E-state index contributed by atoms with van der Waals surface area (Å²) in [6.45, 7) is 9.48. The van der Waals surface area contributed by atoms with Gasteiger partial charge in [-0.2, -0.15) is 0 Å². The van der Waals surface area contributed by atoms with Gasteiger partial charge in [0.1, 0.15) is 25.9 Å². The van der Waals surface area contributed by atoms with Gasteiger partial charge in [-0.3, -0.25) is 55.9 Å². The number of hydrogen-bond donors (Lipinski definition) is 0. The summed E-state index contributed by atoms with van der Waals surface area (Å²) in [4.78, 5) is 70.7. The fourth-order valence-corrected chi connectivity index (χ4v) is 7.62. The highest BCUT2D eigenvalue weighted by atomic mass is 31.2. The van der Waals surface area contributed by atoms with Crippen molar-refractivity contribution in [1.82, 2.24) is 0 Å². The molecule has 0 amide bonds. The lowest BCUT2D eigenvalue weighted by Crippen LogP contribution is -2.31. The van der Waals surface area contributed by atoms with E-state index in [0.29, 0.717) is 12.8 Å². The summed E-state index contributed by atoms with van der Waals surface area (Å²) in [7, 11) is -9.15. The largest absolute Gasteiger partial charge is 0.475 e. The molecule has 1 saturated heterocycles. The summed E-state index contributed by atoms with van der Waals surface area (Å²) >= 11 is 0. The van der Waals surface area contributed by atoms with Gasteiger partial charge in [-0.15, -0.1) is 0 Å². The number of esters is 6. The first-order valence-corrected chi connectivity index (χ1v) is 22.5. The summed E-state index contributed by atoms with van der Waals surface area (Å²) in [5.41, 5.74) is 0. The number of carbonyl (C=O) groups excluding carboxylic acids is 6. The first kappa shape index (κ1) is 55.0. The van der Waals surface area contributed by atoms with Crippen molar-refractivity contribution >= 4 is 51.5 Å². The second-order valence-corrected chi connectivity index (χ2v) is 16.8. The van der Waals surface area contributed by atoms with Gasteiger partial charge in [0.05, 0.1) is 45.2 Å². The monoisotopic (exact) mass is 908 g/mol. The fraction of sp³-hybridized carbons (Fsp3) is 0.833. The highest BCUT2D eigenvalue weighted by molar-refractivity contribution is 7.48. The predicted octanol–water partition coefficient (Wildman–Crippen LogP) is 4.67. The van der Waals surface area contributed by atoms with Gasteiger partial charge in [-0.05, 0) is 46.5 Å². The molecule has 60 heavy (non-hydrogen) atoms. The molecular weight excluding hydrogens is 846 g/mol. The Kier molecular flexibility index (Phi) is 26.8. The first-order valence-electron chi connectivity index (χ1n) is 19.5. The van der Waals surface area contributed by atoms with E-state index in [2.05, 4.69) is 0 Å². The smallest absolute Gasteiger partial charge is 0.462 e. The third-order valence-corrected chi connectivity index (χ3v) is 10.5. The summed E-state index contributed by atoms with van der Waals surface area (Å²) < 4.78 is 103. The van der Waals surface area contributed by atoms with Crippen LogP contribution in [-0.2, 0) is 103 Å². The van der Waals surface area contributed by atoms with E-state index >= 15 is 0 Å². The molecule has 24 heteroatoms. The van der Waals surface area contributed by atoms with Crippen LogP contribution in [0, 0.1) is 0 Å². The zero-order valence-corrected chi connectivity index (χ0v) is 37.6. The van der Waals surface area contributed by atoms with E-state index in [-0.39, 0.29) is 38.9 Å². The molecule has 0 aromatic rings. The maximum Gasteiger partial charge on any atom is 0.475 e. The molecule has 1 aliphatic heterocycles. The summed E-state index contributed by atoms with van der Waals surface area (Å²) in [6.07, 6.45) is -5.45. The van der Waals surface area contributed by atoms with Crippen molar-refractivity contribution in [2.45, 2.75) is 144 Å². The fourth-order valence-electron chi connectivity index (χ4n) is 4.74. The molecule has 0 aromatic heterocycles. The minimum absolute atomic E-state index is 0.0353. The van der Waals surface area contributed by atoms with E-state index < -0.39 is 134 Å². The second kappa shape index (κ2) is 29.3. The Morgan fingerprint density at radius 2 is 1.00 bits per heavy atom. The van der Waals surface area contributed by atoms with Crippen molar-refractivity contribution in [2.75, 3.05) is 52.9 Å². The summed E-state index contributed by atoms with van der Waals surface area (Å²) in [5, 5.41) is 0. The van der Waals surface area contributed by atoms with E-state index in [9.17, 15) is 37.9 Å². The SMILES string of the molecule is CCCC(=O)OCC(COP(=O)(OC[C@@H](COC(C)=O)OC(C)=O)OC(C)CCC(C)OP(=O)(OCC1COC(C)O1)OC[C@@H](COC(C)=O)OC(C)=O)OC(=O)CCC. The van der Waals surface area contributed by atoms with E-state index in [4.69, 9.17) is 65.0 Å². The van der Waals surface area contributed by atoms with Gasteiger partial charge in [0, 0.05) is 40.5 Å². The normalized spacial score (nSPS) is 19.6. The third kappa shape index (κ3) is 26.3. The van der Waals surface area contributed by atoms with Gasteiger partial charge in [0.2, 0.25) is 0 Å². The van der Waals surface area contributed by atoms with E-state index in [1.54, 1.807) is 20.8 Å². The first-order chi connectivity index (χ1) is 28.2. The van der Waals surface area contributed by atoms with Crippen molar-refractivity contribution < 1.29 is 103 Å². The Morgan fingerprint density at radius 1 is 0.583 bits per heavy atom. The van der Waals surface area contributed by atoms with Crippen molar-refractivity contribution in [3.05, 3.63) is 0 Å². The van der Waals surface area contributed by atoms with Gasteiger partial charge in [0.15, 0.2) is 24.6 Å². The molecule has 1 aliphatic rings. The molecule has 9 atom stereocenters. The maximum atomic E-state index is 14.2. The summed E-state index contributed by atoms with van der Waals surface area (Å²) in [5.74, 6) is -4.03. The van der Waals surface area contributed by atoms with Gasteiger partial charge >= 0.3 is 51.5 Å².